The number of anilines is 1. The molecule has 0 heterocycles. The van der Waals surface area contributed by atoms with E-state index in [1.807, 2.05) is 13.8 Å². The topological polar surface area (TPSA) is 70.7 Å². The van der Waals surface area contributed by atoms with Crippen molar-refractivity contribution in [1.82, 2.24) is 10.2 Å². The number of nitrogens with one attached hydrogen (secondary N) is 2. The summed E-state index contributed by atoms with van der Waals surface area (Å²) in [5, 5.41) is 6.07. The second kappa shape index (κ2) is 8.74. The predicted molar refractivity (Wildman–Crippen MR) is 92.0 cm³/mol. The van der Waals surface area contributed by atoms with Crippen LogP contribution in [0, 0.1) is 0 Å². The second-order valence-corrected chi connectivity index (χ2v) is 6.08. The lowest BCUT2D eigenvalue weighted by Gasteiger charge is -2.24. The maximum absolute atomic E-state index is 12.4. The maximum Gasteiger partial charge on any atom is 0.241 e. The fraction of sp³-hybridized carbons (Fsp3) is 0.500. The van der Waals surface area contributed by atoms with Crippen LogP contribution >= 0.6 is 11.6 Å². The fourth-order valence-electron chi connectivity index (χ4n) is 1.95. The third-order valence-corrected chi connectivity index (χ3v) is 3.54. The first-order valence-electron chi connectivity index (χ1n) is 7.38. The van der Waals surface area contributed by atoms with Crippen molar-refractivity contribution in [3.63, 3.8) is 0 Å². The molecule has 0 aliphatic rings. The molecule has 1 atom stereocenters. The monoisotopic (exact) mass is 341 g/mol. The molecule has 0 aromatic heterocycles. The number of hydrogen-bond acceptors (Lipinski definition) is 4. The summed E-state index contributed by atoms with van der Waals surface area (Å²) in [6, 6.07) is 4.56. The molecule has 2 amide bonds. The van der Waals surface area contributed by atoms with Crippen LogP contribution in [0.15, 0.2) is 18.2 Å². The number of likely N-dealkylation sites (N-methyl/N-ethyl adjacent to an activating group) is 1. The van der Waals surface area contributed by atoms with Crippen molar-refractivity contribution < 1.29 is 14.3 Å². The molecule has 1 aromatic carbocycles. The quantitative estimate of drug-likeness (QED) is 0.797. The molecule has 0 spiro atoms. The van der Waals surface area contributed by atoms with E-state index in [1.54, 1.807) is 37.1 Å². The standard InChI is InChI=1S/C16H24ClN3O3/c1-10(2)18-15(21)9-20(4)11(3)16(22)19-13-8-12(17)6-7-14(13)23-5/h6-8,10-11H,9H2,1-5H3,(H,18,21)(H,19,22)/t11-/m0/s1. The molecule has 0 radical (unpaired) electrons. The van der Waals surface area contributed by atoms with E-state index in [0.717, 1.165) is 0 Å². The summed E-state index contributed by atoms with van der Waals surface area (Å²) in [6.45, 7) is 5.65. The Morgan fingerprint density at radius 1 is 1.30 bits per heavy atom. The molecule has 0 fully saturated rings. The molecular weight excluding hydrogens is 318 g/mol. The minimum atomic E-state index is -0.489. The molecule has 6 nitrogen and oxygen atoms in total. The van der Waals surface area contributed by atoms with Gasteiger partial charge in [-0.3, -0.25) is 14.5 Å². The molecule has 128 valence electrons. The molecule has 0 unspecified atom stereocenters. The Morgan fingerprint density at radius 3 is 2.52 bits per heavy atom. The Labute approximate surface area is 142 Å². The van der Waals surface area contributed by atoms with E-state index in [9.17, 15) is 9.59 Å². The first kappa shape index (κ1) is 19.3. The number of carbonyl (C=O) groups excluding carboxylic acids is 2. The number of hydrogen-bond donors (Lipinski definition) is 2. The van der Waals surface area contributed by atoms with Crippen LogP contribution in [0.5, 0.6) is 5.75 Å². The number of benzene rings is 1. The molecule has 0 saturated carbocycles. The number of methoxy groups -OCH3 is 1. The normalized spacial score (nSPS) is 12.2. The van der Waals surface area contributed by atoms with Crippen molar-refractivity contribution in [1.29, 1.82) is 0 Å². The molecule has 1 aromatic rings. The average molecular weight is 342 g/mol. The van der Waals surface area contributed by atoms with Gasteiger partial charge in [-0.05, 0) is 46.0 Å². The van der Waals surface area contributed by atoms with E-state index in [4.69, 9.17) is 16.3 Å². The zero-order valence-electron chi connectivity index (χ0n) is 14.1. The number of amides is 2. The highest BCUT2D eigenvalue weighted by Crippen LogP contribution is 2.27. The first-order valence-corrected chi connectivity index (χ1v) is 7.76. The molecule has 0 bridgehead atoms. The molecule has 2 N–H and O–H groups in total. The Balaban J connectivity index is 2.70. The van der Waals surface area contributed by atoms with Crippen molar-refractivity contribution in [2.45, 2.75) is 32.9 Å². The number of ether oxygens (including phenoxy) is 1. The van der Waals surface area contributed by atoms with Crippen LogP contribution in [0.1, 0.15) is 20.8 Å². The summed E-state index contributed by atoms with van der Waals surface area (Å²) in [7, 11) is 3.24. The molecular formula is C16H24ClN3O3. The van der Waals surface area contributed by atoms with Gasteiger partial charge in [0.05, 0.1) is 25.4 Å². The third kappa shape index (κ3) is 6.08. The summed E-state index contributed by atoms with van der Waals surface area (Å²) >= 11 is 5.95. The third-order valence-electron chi connectivity index (χ3n) is 3.30. The predicted octanol–water partition coefficient (Wildman–Crippen LogP) is 2.13. The van der Waals surface area contributed by atoms with Crippen LogP contribution < -0.4 is 15.4 Å². The largest absolute Gasteiger partial charge is 0.495 e. The second-order valence-electron chi connectivity index (χ2n) is 5.65. The van der Waals surface area contributed by atoms with Gasteiger partial charge in [0.25, 0.3) is 0 Å². The van der Waals surface area contributed by atoms with Gasteiger partial charge in [0.15, 0.2) is 0 Å². The number of carbonyl (C=O) groups is 2. The van der Waals surface area contributed by atoms with Gasteiger partial charge < -0.3 is 15.4 Å². The van der Waals surface area contributed by atoms with E-state index in [1.165, 1.54) is 7.11 Å². The molecule has 0 aliphatic carbocycles. The first-order chi connectivity index (χ1) is 10.7. The van der Waals surface area contributed by atoms with Crippen molar-refractivity contribution >= 4 is 29.1 Å². The van der Waals surface area contributed by atoms with Crippen molar-refractivity contribution in [3.8, 4) is 5.75 Å². The van der Waals surface area contributed by atoms with Gasteiger partial charge in [0.2, 0.25) is 11.8 Å². The summed E-state index contributed by atoms with van der Waals surface area (Å²) in [5.41, 5.74) is 0.497. The summed E-state index contributed by atoms with van der Waals surface area (Å²) in [6.07, 6.45) is 0. The maximum atomic E-state index is 12.4. The highest BCUT2D eigenvalue weighted by atomic mass is 35.5. The van der Waals surface area contributed by atoms with Crippen LogP contribution in [-0.4, -0.2) is 49.5 Å². The van der Waals surface area contributed by atoms with E-state index >= 15 is 0 Å². The minimum Gasteiger partial charge on any atom is -0.495 e. The number of rotatable bonds is 7. The van der Waals surface area contributed by atoms with Crippen LogP contribution in [0.2, 0.25) is 5.02 Å². The zero-order valence-corrected chi connectivity index (χ0v) is 14.9. The van der Waals surface area contributed by atoms with Gasteiger partial charge in [-0.1, -0.05) is 11.6 Å². The lowest BCUT2D eigenvalue weighted by atomic mass is 10.2. The van der Waals surface area contributed by atoms with Crippen molar-refractivity contribution in [2.75, 3.05) is 26.0 Å². The highest BCUT2D eigenvalue weighted by molar-refractivity contribution is 6.31. The molecule has 23 heavy (non-hydrogen) atoms. The number of nitrogens with zero attached hydrogens (tertiary/aromatic N) is 1. The van der Waals surface area contributed by atoms with Crippen LogP contribution in [-0.2, 0) is 9.59 Å². The van der Waals surface area contributed by atoms with Crippen LogP contribution in [0.4, 0.5) is 5.69 Å². The Kier molecular flexibility index (Phi) is 7.32. The van der Waals surface area contributed by atoms with Crippen molar-refractivity contribution in [2.24, 2.45) is 0 Å². The highest BCUT2D eigenvalue weighted by Gasteiger charge is 2.21. The average Bonchev–Trinajstić information content (AvgIpc) is 2.45. The minimum absolute atomic E-state index is 0.0655. The molecule has 0 aliphatic heterocycles. The smallest absolute Gasteiger partial charge is 0.241 e. The van der Waals surface area contributed by atoms with E-state index in [0.29, 0.717) is 16.5 Å². The van der Waals surface area contributed by atoms with Gasteiger partial charge >= 0.3 is 0 Å². The summed E-state index contributed by atoms with van der Waals surface area (Å²) < 4.78 is 5.20. The van der Waals surface area contributed by atoms with Gasteiger partial charge in [-0.2, -0.15) is 0 Å². The molecule has 1 rings (SSSR count). The SMILES string of the molecule is COc1ccc(Cl)cc1NC(=O)[C@H](C)N(C)CC(=O)NC(C)C. The summed E-state index contributed by atoms with van der Waals surface area (Å²) in [4.78, 5) is 25.8. The lowest BCUT2D eigenvalue weighted by molar-refractivity contribution is -0.125. The fourth-order valence-corrected chi connectivity index (χ4v) is 2.12. The Morgan fingerprint density at radius 2 is 1.96 bits per heavy atom. The Bertz CT molecular complexity index is 564. The van der Waals surface area contributed by atoms with Gasteiger partial charge in [0, 0.05) is 11.1 Å². The molecule has 7 heteroatoms. The Hall–Kier alpha value is -1.79. The van der Waals surface area contributed by atoms with E-state index in [2.05, 4.69) is 10.6 Å². The van der Waals surface area contributed by atoms with Crippen LogP contribution in [0.25, 0.3) is 0 Å². The molecule has 0 saturated heterocycles. The summed E-state index contributed by atoms with van der Waals surface area (Å²) in [5.74, 6) is 0.156. The zero-order chi connectivity index (χ0) is 17.6. The van der Waals surface area contributed by atoms with Crippen molar-refractivity contribution in [3.05, 3.63) is 23.2 Å². The lowest BCUT2D eigenvalue weighted by Crippen LogP contribution is -2.46. The van der Waals surface area contributed by atoms with E-state index < -0.39 is 6.04 Å². The van der Waals surface area contributed by atoms with E-state index in [-0.39, 0.29) is 24.4 Å². The van der Waals surface area contributed by atoms with Gasteiger partial charge in [-0.15, -0.1) is 0 Å². The van der Waals surface area contributed by atoms with Gasteiger partial charge in [-0.25, -0.2) is 0 Å². The van der Waals surface area contributed by atoms with Crippen LogP contribution in [0.3, 0.4) is 0 Å². The van der Waals surface area contributed by atoms with Gasteiger partial charge in [0.1, 0.15) is 5.75 Å². The number of halogens is 1.